The molecule has 3 nitrogen and oxygen atoms in total. The largest absolute Gasteiger partial charge is 0.494 e. The number of carbonyl (C=O) groups is 1. The molecule has 0 radical (unpaired) electrons. The summed E-state index contributed by atoms with van der Waals surface area (Å²) in [7, 11) is 0. The molecule has 2 rings (SSSR count). The standard InChI is InChI=1S/C12H10Cl3O3.C9H12.C2H6.CH3.Rf/c1-7-5-9(18-4-2-3-10(13)17)12(15)11(14)8(7)6-16;1-3-9-6-4-5-8(2)7-9;1-2;;/h5H,2-4H2,1H3;4-7H,3H2,1-2H3;1-2H3;1H3;/q-1;;;-1;. The molecule has 0 aliphatic carbocycles. The quantitative estimate of drug-likeness (QED) is 0.166. The van der Waals surface area contributed by atoms with Crippen LogP contribution in [-0.2, 0) is 16.0 Å². The predicted octanol–water partition coefficient (Wildman–Crippen LogP) is 7.72. The monoisotopic (exact) mass is 739 g/mol. The first kappa shape index (κ1) is 33.1. The van der Waals surface area contributed by atoms with Gasteiger partial charge in [0.25, 0.3) is 0 Å². The Bertz CT molecular complexity index is 796. The Kier molecular flexibility index (Phi) is 19.5. The number of benzene rings is 2. The van der Waals surface area contributed by atoms with Crippen LogP contribution >= 0.6 is 34.8 Å². The number of ether oxygens (including phenoxy) is 1. The Labute approximate surface area is 196 Å². The fraction of sp³-hybridized carbons (Fsp3) is 0.375. The van der Waals surface area contributed by atoms with Gasteiger partial charge in [-0.05, 0) is 42.0 Å². The molecule has 0 unspecified atom stereocenters. The van der Waals surface area contributed by atoms with Gasteiger partial charge in [-0.3, -0.25) is 4.79 Å². The molecule has 0 bridgehead atoms. The third-order valence-electron chi connectivity index (χ3n) is 3.74. The van der Waals surface area contributed by atoms with Crippen molar-refractivity contribution < 1.29 is 14.3 Å². The van der Waals surface area contributed by atoms with E-state index in [4.69, 9.17) is 39.5 Å². The van der Waals surface area contributed by atoms with Crippen molar-refractivity contribution in [2.45, 2.75) is 53.9 Å². The van der Waals surface area contributed by atoms with Gasteiger partial charge in [0.1, 0.15) is 5.75 Å². The van der Waals surface area contributed by atoms with E-state index in [9.17, 15) is 9.59 Å². The maximum Gasteiger partial charge on any atom is 0.221 e. The Morgan fingerprint density at radius 3 is 2.16 bits per heavy atom. The van der Waals surface area contributed by atoms with Crippen LogP contribution in [0.2, 0.25) is 10.0 Å². The van der Waals surface area contributed by atoms with E-state index in [2.05, 4.69) is 38.1 Å². The summed E-state index contributed by atoms with van der Waals surface area (Å²) in [4.78, 5) is 21.2. The molecule has 7 heteroatoms. The summed E-state index contributed by atoms with van der Waals surface area (Å²) in [5.74, 6) is 0.375. The van der Waals surface area contributed by atoms with Gasteiger partial charge in [-0.25, -0.2) is 0 Å². The molecule has 0 N–H and O–H groups in total. The van der Waals surface area contributed by atoms with Crippen LogP contribution in [0, 0.1) is 21.3 Å². The van der Waals surface area contributed by atoms with Crippen LogP contribution in [0.4, 0.5) is 0 Å². The Morgan fingerprint density at radius 2 is 1.71 bits per heavy atom. The molecule has 0 aliphatic rings. The first-order valence-electron chi connectivity index (χ1n) is 9.53. The molecule has 31 heavy (non-hydrogen) atoms. The molecule has 0 saturated carbocycles. The van der Waals surface area contributed by atoms with Crippen molar-refractivity contribution in [1.29, 1.82) is 0 Å². The van der Waals surface area contributed by atoms with Gasteiger partial charge in [-0.2, -0.15) is 11.6 Å². The summed E-state index contributed by atoms with van der Waals surface area (Å²) in [6.07, 6.45) is 3.58. The van der Waals surface area contributed by atoms with Crippen molar-refractivity contribution in [3.8, 4) is 5.75 Å². The SMILES string of the molecule is CC.CCc1cccc(C)c1.Cc1cc(OCCCC(=O)Cl)c(Cl)c(Cl)c1[C-]=O.[CH3-].[Rf]. The Hall–Kier alpha value is -2.55. The second-order valence-corrected chi connectivity index (χ2v) is 7.12. The summed E-state index contributed by atoms with van der Waals surface area (Å²) in [5.41, 5.74) is 3.64. The smallest absolute Gasteiger partial charge is 0.221 e. The maximum absolute atomic E-state index is 10.7. The molecule has 2 aromatic rings. The Morgan fingerprint density at radius 1 is 1.10 bits per heavy atom. The third kappa shape index (κ3) is 12.0. The van der Waals surface area contributed by atoms with Crippen LogP contribution < -0.4 is 4.74 Å². The van der Waals surface area contributed by atoms with E-state index in [1.807, 2.05) is 13.8 Å². The topological polar surface area (TPSA) is 43.4 Å². The van der Waals surface area contributed by atoms with Crippen LogP contribution in [0.3, 0.4) is 0 Å². The van der Waals surface area contributed by atoms with Crippen molar-refractivity contribution in [1.82, 2.24) is 0 Å². The van der Waals surface area contributed by atoms with Crippen molar-refractivity contribution in [2.75, 3.05) is 6.61 Å². The zero-order valence-electron chi connectivity index (χ0n) is 19.3. The number of aryl methyl sites for hydroxylation is 3. The Balaban J connectivity index is -0.000000512. The average molecular weight is 741 g/mol. The van der Waals surface area contributed by atoms with Crippen molar-refractivity contribution in [3.63, 3.8) is 0 Å². The molecule has 2 aromatic carbocycles. The number of halogens is 3. The van der Waals surface area contributed by atoms with Gasteiger partial charge >= 0.3 is 0 Å². The van der Waals surface area contributed by atoms with Crippen molar-refractivity contribution in [3.05, 3.63) is 70.1 Å². The van der Waals surface area contributed by atoms with Gasteiger partial charge in [0.2, 0.25) is 5.24 Å². The summed E-state index contributed by atoms with van der Waals surface area (Å²) in [6, 6.07) is 10.2. The number of carbonyl (C=O) groups excluding carboxylic acids is 2. The van der Waals surface area contributed by atoms with E-state index >= 15 is 0 Å². The summed E-state index contributed by atoms with van der Waals surface area (Å²) < 4.78 is 5.39. The molecule has 0 saturated heterocycles. The summed E-state index contributed by atoms with van der Waals surface area (Å²) in [6.45, 7) is 10.3. The third-order valence-corrected chi connectivity index (χ3v) is 4.78. The molecular formula is C24H31Cl3O3Rf-2. The summed E-state index contributed by atoms with van der Waals surface area (Å²) >= 11 is 17.1. The minimum absolute atomic E-state index is 0. The maximum atomic E-state index is 10.7. The second-order valence-electron chi connectivity index (χ2n) is 5.95. The fourth-order valence-electron chi connectivity index (χ4n) is 2.28. The minimum Gasteiger partial charge on any atom is -0.494 e. The van der Waals surface area contributed by atoms with Crippen molar-refractivity contribution in [2.24, 2.45) is 0 Å². The molecule has 0 amide bonds. The normalized spacial score (nSPS) is 8.90. The molecule has 0 atom stereocenters. The van der Waals surface area contributed by atoms with Crippen LogP contribution in [0.15, 0.2) is 30.3 Å². The van der Waals surface area contributed by atoms with Crippen LogP contribution in [0.25, 0.3) is 0 Å². The van der Waals surface area contributed by atoms with Gasteiger partial charge in [-0.1, -0.05) is 75.2 Å². The van der Waals surface area contributed by atoms with E-state index in [1.165, 1.54) is 11.1 Å². The van der Waals surface area contributed by atoms with E-state index in [1.54, 1.807) is 19.3 Å². The second kappa shape index (κ2) is 18.2. The number of hydrogen-bond donors (Lipinski definition) is 0. The van der Waals surface area contributed by atoms with Crippen LogP contribution in [0.1, 0.15) is 55.9 Å². The predicted molar refractivity (Wildman–Crippen MR) is 130 cm³/mol. The molecule has 0 spiro atoms. The van der Waals surface area contributed by atoms with Gasteiger partial charge < -0.3 is 17.0 Å². The molecule has 0 aliphatic heterocycles. The summed E-state index contributed by atoms with van der Waals surface area (Å²) in [5, 5.41) is -0.127. The van der Waals surface area contributed by atoms with E-state index in [0.29, 0.717) is 17.7 Å². The zero-order chi connectivity index (χ0) is 22.4. The average Bonchev–Trinajstić information content (AvgIpc) is 2.71. The van der Waals surface area contributed by atoms with Gasteiger partial charge in [0.15, 0.2) is 0 Å². The van der Waals surface area contributed by atoms with Crippen LogP contribution in [-0.4, -0.2) is 18.1 Å². The first-order valence-corrected chi connectivity index (χ1v) is 10.7. The van der Waals surface area contributed by atoms with E-state index in [0.717, 1.165) is 6.42 Å². The zero-order valence-corrected chi connectivity index (χ0v) is 27.9. The van der Waals surface area contributed by atoms with E-state index in [-0.39, 0.29) is 36.1 Å². The molecule has 170 valence electrons. The van der Waals surface area contributed by atoms with Gasteiger partial charge in [0, 0.05) is 11.4 Å². The fourth-order valence-corrected chi connectivity index (χ4v) is 2.90. The minimum atomic E-state index is -0.412. The number of hydrogen-bond acceptors (Lipinski definition) is 3. The van der Waals surface area contributed by atoms with Gasteiger partial charge in [0.05, 0.1) is 12.9 Å². The van der Waals surface area contributed by atoms with Crippen LogP contribution in [0.5, 0.6) is 5.75 Å². The molecule has 0 aromatic heterocycles. The number of rotatable bonds is 7. The van der Waals surface area contributed by atoms with E-state index < -0.39 is 5.24 Å². The van der Waals surface area contributed by atoms with Crippen molar-refractivity contribution >= 4 is 46.3 Å². The molecular weight excluding hydrogens is 710 g/mol. The van der Waals surface area contributed by atoms with Gasteiger partial charge in [-0.15, -0.1) is 11.1 Å². The molecule has 0 fully saturated rings. The molecule has 0 heterocycles. The first-order chi connectivity index (χ1) is 13.8.